The lowest BCUT2D eigenvalue weighted by Crippen LogP contribution is -2.16. The molecule has 0 aliphatic carbocycles. The van der Waals surface area contributed by atoms with Gasteiger partial charge in [0.25, 0.3) is 0 Å². The second-order valence-corrected chi connectivity index (χ2v) is 4.45. The fourth-order valence-electron chi connectivity index (χ4n) is 1.35. The quantitative estimate of drug-likeness (QED) is 0.464. The summed E-state index contributed by atoms with van der Waals surface area (Å²) in [5.74, 6) is 0. The third kappa shape index (κ3) is 15.8. The summed E-state index contributed by atoms with van der Waals surface area (Å²) in [6.45, 7) is 6.22. The van der Waals surface area contributed by atoms with E-state index in [0.717, 1.165) is 32.7 Å². The van der Waals surface area contributed by atoms with Gasteiger partial charge in [-0.25, -0.2) is 0 Å². The Morgan fingerprint density at radius 3 is 1.89 bits per heavy atom. The summed E-state index contributed by atoms with van der Waals surface area (Å²) in [6.07, 6.45) is 2.30. The Labute approximate surface area is 112 Å². The maximum absolute atomic E-state index is 5.47. The molecule has 0 aromatic heterocycles. The molecule has 0 aromatic rings. The van der Waals surface area contributed by atoms with Crippen molar-refractivity contribution in [2.45, 2.75) is 12.8 Å². The zero-order valence-corrected chi connectivity index (χ0v) is 12.2. The lowest BCUT2D eigenvalue weighted by atomic mass is 10.3. The SMILES string of the molecule is CNCCOCCOCCOCCCCN(C)C. The Morgan fingerprint density at radius 1 is 0.778 bits per heavy atom. The summed E-state index contributed by atoms with van der Waals surface area (Å²) in [7, 11) is 6.09. The second-order valence-electron chi connectivity index (χ2n) is 4.45. The minimum absolute atomic E-state index is 0.647. The van der Waals surface area contributed by atoms with Gasteiger partial charge < -0.3 is 24.4 Å². The average Bonchev–Trinajstić information content (AvgIpc) is 2.34. The first-order chi connectivity index (χ1) is 8.77. The second kappa shape index (κ2) is 14.9. The Balaban J connectivity index is 2.90. The number of hydrogen-bond acceptors (Lipinski definition) is 5. The highest BCUT2D eigenvalue weighted by molar-refractivity contribution is 4.44. The molecule has 0 heterocycles. The van der Waals surface area contributed by atoms with Gasteiger partial charge in [0.15, 0.2) is 0 Å². The van der Waals surface area contributed by atoms with Gasteiger partial charge in [0, 0.05) is 13.2 Å². The lowest BCUT2D eigenvalue weighted by Gasteiger charge is -2.09. The highest BCUT2D eigenvalue weighted by Crippen LogP contribution is 1.91. The zero-order valence-electron chi connectivity index (χ0n) is 12.2. The van der Waals surface area contributed by atoms with Gasteiger partial charge in [0.05, 0.1) is 33.0 Å². The van der Waals surface area contributed by atoms with Crippen LogP contribution in [0.1, 0.15) is 12.8 Å². The molecule has 1 N–H and O–H groups in total. The van der Waals surface area contributed by atoms with E-state index in [2.05, 4.69) is 24.3 Å². The zero-order chi connectivity index (χ0) is 13.5. The molecule has 0 bridgehead atoms. The van der Waals surface area contributed by atoms with Gasteiger partial charge in [-0.15, -0.1) is 0 Å². The van der Waals surface area contributed by atoms with Crippen molar-refractivity contribution in [3.63, 3.8) is 0 Å². The van der Waals surface area contributed by atoms with Gasteiger partial charge in [-0.05, 0) is 40.5 Å². The molecule has 0 aliphatic heterocycles. The van der Waals surface area contributed by atoms with Crippen molar-refractivity contribution in [3.05, 3.63) is 0 Å². The fraction of sp³-hybridized carbons (Fsp3) is 1.00. The molecule has 0 aromatic carbocycles. The maximum Gasteiger partial charge on any atom is 0.0701 e. The molecular weight excluding hydrogens is 232 g/mol. The molecule has 0 rings (SSSR count). The molecule has 0 atom stereocenters. The van der Waals surface area contributed by atoms with E-state index in [4.69, 9.17) is 14.2 Å². The Hall–Kier alpha value is -0.200. The predicted molar refractivity (Wildman–Crippen MR) is 74.2 cm³/mol. The molecule has 5 nitrogen and oxygen atoms in total. The summed E-state index contributed by atoms with van der Waals surface area (Å²) in [6, 6.07) is 0. The molecule has 0 fully saturated rings. The van der Waals surface area contributed by atoms with Gasteiger partial charge in [-0.2, -0.15) is 0 Å². The summed E-state index contributed by atoms with van der Waals surface area (Å²) in [5, 5.41) is 3.02. The van der Waals surface area contributed by atoms with Gasteiger partial charge >= 0.3 is 0 Å². The fourth-order valence-corrected chi connectivity index (χ4v) is 1.35. The monoisotopic (exact) mass is 262 g/mol. The molecule has 0 unspecified atom stereocenters. The van der Waals surface area contributed by atoms with Crippen LogP contribution in [-0.4, -0.2) is 78.8 Å². The molecule has 0 saturated carbocycles. The summed E-state index contributed by atoms with van der Waals surface area (Å²) in [4.78, 5) is 2.19. The van der Waals surface area contributed by atoms with Gasteiger partial charge in [-0.1, -0.05) is 0 Å². The highest BCUT2D eigenvalue weighted by Gasteiger charge is 1.93. The van der Waals surface area contributed by atoms with Crippen LogP contribution in [0.4, 0.5) is 0 Å². The number of nitrogens with one attached hydrogen (secondary N) is 1. The number of hydrogen-bond donors (Lipinski definition) is 1. The molecule has 5 heteroatoms. The standard InChI is InChI=1S/C13H30N2O3/c1-14-6-9-17-11-13-18-12-10-16-8-5-4-7-15(2)3/h14H,4-13H2,1-3H3. The first-order valence-electron chi connectivity index (χ1n) is 6.80. The summed E-state index contributed by atoms with van der Waals surface area (Å²) in [5.41, 5.74) is 0. The number of rotatable bonds is 14. The van der Waals surface area contributed by atoms with Crippen LogP contribution in [0, 0.1) is 0 Å². The van der Waals surface area contributed by atoms with Gasteiger partial charge in [0.2, 0.25) is 0 Å². The van der Waals surface area contributed by atoms with Crippen LogP contribution in [0.2, 0.25) is 0 Å². The normalized spacial score (nSPS) is 11.3. The van der Waals surface area contributed by atoms with E-state index in [0.29, 0.717) is 26.4 Å². The van der Waals surface area contributed by atoms with E-state index < -0.39 is 0 Å². The first kappa shape index (κ1) is 17.8. The average molecular weight is 262 g/mol. The first-order valence-corrected chi connectivity index (χ1v) is 6.80. The van der Waals surface area contributed by atoms with Gasteiger partial charge in [0.1, 0.15) is 0 Å². The summed E-state index contributed by atoms with van der Waals surface area (Å²) >= 11 is 0. The molecule has 0 amide bonds. The molecular formula is C13H30N2O3. The lowest BCUT2D eigenvalue weighted by molar-refractivity contribution is 0.0145. The van der Waals surface area contributed by atoms with E-state index in [1.807, 2.05) is 7.05 Å². The van der Waals surface area contributed by atoms with Crippen LogP contribution in [0.25, 0.3) is 0 Å². The number of ether oxygens (including phenoxy) is 3. The van der Waals surface area contributed by atoms with Crippen molar-refractivity contribution in [1.82, 2.24) is 10.2 Å². The molecule has 0 saturated heterocycles. The summed E-state index contributed by atoms with van der Waals surface area (Å²) < 4.78 is 16.2. The van der Waals surface area contributed by atoms with Crippen LogP contribution in [0.15, 0.2) is 0 Å². The predicted octanol–water partition coefficient (Wildman–Crippen LogP) is 0.597. The minimum Gasteiger partial charge on any atom is -0.379 e. The topological polar surface area (TPSA) is 43.0 Å². The van der Waals surface area contributed by atoms with Crippen LogP contribution >= 0.6 is 0 Å². The van der Waals surface area contributed by atoms with Crippen molar-refractivity contribution in [3.8, 4) is 0 Å². The van der Waals surface area contributed by atoms with Crippen molar-refractivity contribution >= 4 is 0 Å². The number of nitrogens with zero attached hydrogens (tertiary/aromatic N) is 1. The minimum atomic E-state index is 0.647. The number of unbranched alkanes of at least 4 members (excludes halogenated alkanes) is 1. The van der Waals surface area contributed by atoms with E-state index in [1.165, 1.54) is 6.42 Å². The smallest absolute Gasteiger partial charge is 0.0701 e. The molecule has 0 radical (unpaired) electrons. The van der Waals surface area contributed by atoms with Crippen LogP contribution in [0.5, 0.6) is 0 Å². The van der Waals surface area contributed by atoms with Gasteiger partial charge in [-0.3, -0.25) is 0 Å². The van der Waals surface area contributed by atoms with E-state index in [-0.39, 0.29) is 0 Å². The van der Waals surface area contributed by atoms with E-state index in [9.17, 15) is 0 Å². The number of likely N-dealkylation sites (N-methyl/N-ethyl adjacent to an activating group) is 1. The third-order valence-electron chi connectivity index (χ3n) is 2.38. The Bertz CT molecular complexity index is 157. The van der Waals surface area contributed by atoms with Crippen LogP contribution in [-0.2, 0) is 14.2 Å². The Morgan fingerprint density at radius 2 is 1.33 bits per heavy atom. The molecule has 18 heavy (non-hydrogen) atoms. The van der Waals surface area contributed by atoms with Crippen LogP contribution < -0.4 is 5.32 Å². The van der Waals surface area contributed by atoms with E-state index >= 15 is 0 Å². The van der Waals surface area contributed by atoms with Crippen molar-refractivity contribution < 1.29 is 14.2 Å². The maximum atomic E-state index is 5.47. The molecule has 0 aliphatic rings. The van der Waals surface area contributed by atoms with Crippen molar-refractivity contribution in [1.29, 1.82) is 0 Å². The third-order valence-corrected chi connectivity index (χ3v) is 2.38. The molecule has 0 spiro atoms. The Kier molecular flexibility index (Phi) is 14.7. The van der Waals surface area contributed by atoms with Crippen molar-refractivity contribution in [2.75, 3.05) is 73.9 Å². The highest BCUT2D eigenvalue weighted by atomic mass is 16.5. The molecule has 110 valence electrons. The largest absolute Gasteiger partial charge is 0.379 e. The van der Waals surface area contributed by atoms with Crippen LogP contribution in [0.3, 0.4) is 0 Å². The van der Waals surface area contributed by atoms with Crippen molar-refractivity contribution in [2.24, 2.45) is 0 Å². The van der Waals surface area contributed by atoms with E-state index in [1.54, 1.807) is 0 Å².